The minimum absolute atomic E-state index is 0. The van der Waals surface area contributed by atoms with Crippen molar-refractivity contribution in [3.05, 3.63) is 144 Å². The number of allylic oxidation sites excluding steroid dienone is 2. The van der Waals surface area contributed by atoms with Crippen LogP contribution in [0.1, 0.15) is 29.5 Å². The van der Waals surface area contributed by atoms with Gasteiger partial charge in [-0.05, 0) is 0 Å². The second-order valence-corrected chi connectivity index (χ2v) is 42.1. The summed E-state index contributed by atoms with van der Waals surface area (Å²) in [5.41, 5.74) is 5.84. The Morgan fingerprint density at radius 1 is 0.471 bits per heavy atom. The Kier molecular flexibility index (Phi) is 7.33. The number of fused-ring (bicyclic) bond motifs is 2. The maximum atomic E-state index is 2.56. The van der Waals surface area contributed by atoms with Crippen molar-refractivity contribution in [2.24, 2.45) is 0 Å². The molecule has 0 aliphatic heterocycles. The van der Waals surface area contributed by atoms with Gasteiger partial charge in [0, 0.05) is 0 Å². The van der Waals surface area contributed by atoms with Gasteiger partial charge >= 0.3 is 197 Å². The van der Waals surface area contributed by atoms with E-state index in [-0.39, 0.29) is 24.8 Å². The first kappa shape index (κ1) is 25.5. The van der Waals surface area contributed by atoms with Crippen LogP contribution < -0.4 is 6.54 Å². The molecular weight excluding hydrogens is 595 g/mol. The van der Waals surface area contributed by atoms with Gasteiger partial charge in [-0.3, -0.25) is 0 Å². The molecule has 2 aliphatic rings. The van der Waals surface area contributed by atoms with Crippen molar-refractivity contribution in [1.82, 2.24) is 0 Å². The second kappa shape index (κ2) is 9.79. The summed E-state index contributed by atoms with van der Waals surface area (Å²) in [6.45, 7) is 0. The Bertz CT molecular complexity index is 1330. The molecule has 2 aliphatic carbocycles. The van der Waals surface area contributed by atoms with Gasteiger partial charge in [0.15, 0.2) is 0 Å². The SMILES string of the molecule is Cl.Cl.[GeH2]=[Zr]([c]1ccccc1)([c]1ccccc1)([CH]1C=Cc2ccccc21)[CH]1C=Cc2ccccc21. The fourth-order valence-corrected chi connectivity index (χ4v) is 38.6. The van der Waals surface area contributed by atoms with E-state index < -0.39 is 15.7 Å². The van der Waals surface area contributed by atoms with Crippen LogP contribution in [0.5, 0.6) is 0 Å². The zero-order chi connectivity index (χ0) is 21.6. The number of halogens is 2. The van der Waals surface area contributed by atoms with Gasteiger partial charge in [0.25, 0.3) is 0 Å². The normalized spacial score (nSPS) is 17.9. The Labute approximate surface area is 220 Å². The molecule has 170 valence electrons. The Morgan fingerprint density at radius 2 is 0.824 bits per heavy atom. The van der Waals surface area contributed by atoms with Crippen LogP contribution >= 0.6 is 24.8 Å². The topological polar surface area (TPSA) is 0 Å². The van der Waals surface area contributed by atoms with E-state index in [1.807, 2.05) is 0 Å². The zero-order valence-corrected chi connectivity index (χ0v) is 25.9. The molecule has 0 aromatic heterocycles. The zero-order valence-electron chi connectivity index (χ0n) is 18.9. The van der Waals surface area contributed by atoms with Crippen molar-refractivity contribution in [2.45, 2.75) is 7.25 Å². The van der Waals surface area contributed by atoms with Gasteiger partial charge in [0.2, 0.25) is 0 Å². The first-order valence-electron chi connectivity index (χ1n) is 11.4. The second-order valence-electron chi connectivity index (χ2n) is 9.29. The fraction of sp³-hybridized carbons (Fsp3) is 0.0667. The van der Waals surface area contributed by atoms with Crippen molar-refractivity contribution in [2.75, 3.05) is 0 Å². The predicted octanol–water partition coefficient (Wildman–Crippen LogP) is 6.25. The van der Waals surface area contributed by atoms with Gasteiger partial charge < -0.3 is 0 Å². The predicted molar refractivity (Wildman–Crippen MR) is 152 cm³/mol. The van der Waals surface area contributed by atoms with Crippen molar-refractivity contribution < 1.29 is 15.7 Å². The summed E-state index contributed by atoms with van der Waals surface area (Å²) < 4.78 is 4.13. The first-order valence-corrected chi connectivity index (χ1v) is 27.2. The van der Waals surface area contributed by atoms with Crippen molar-refractivity contribution in [3.63, 3.8) is 0 Å². The minimum atomic E-state index is -4.05. The van der Waals surface area contributed by atoms with Gasteiger partial charge in [0.1, 0.15) is 0 Å². The Balaban J connectivity index is 0.00000137. The first-order chi connectivity index (χ1) is 15.7. The fourth-order valence-electron chi connectivity index (χ4n) is 6.39. The monoisotopic (exact) mass is 622 g/mol. The third-order valence-electron chi connectivity index (χ3n) is 7.93. The molecule has 2 unspecified atom stereocenters. The van der Waals surface area contributed by atoms with E-state index in [1.54, 1.807) is 6.54 Å². The molecule has 0 fully saturated rings. The van der Waals surface area contributed by atoms with E-state index in [4.69, 9.17) is 0 Å². The summed E-state index contributed by atoms with van der Waals surface area (Å²) in [5.74, 6) is 0. The molecule has 0 heterocycles. The number of rotatable bonds is 4. The van der Waals surface area contributed by atoms with Crippen molar-refractivity contribution in [1.29, 1.82) is 0 Å². The molecule has 0 radical (unpaired) electrons. The van der Waals surface area contributed by atoms with Crippen LogP contribution in [0.3, 0.4) is 0 Å². The summed E-state index contributed by atoms with van der Waals surface area (Å²) in [6, 6.07) is 41.4. The number of hydrogen-bond donors (Lipinski definition) is 0. The van der Waals surface area contributed by atoms with E-state index >= 15 is 0 Å². The summed E-state index contributed by atoms with van der Waals surface area (Å²) in [7, 11) is 0. The van der Waals surface area contributed by atoms with E-state index in [0.717, 1.165) is 0 Å². The molecule has 0 saturated heterocycles. The van der Waals surface area contributed by atoms with Crippen molar-refractivity contribution in [3.8, 4) is 0 Å². The van der Waals surface area contributed by atoms with Crippen LogP contribution in [-0.4, -0.2) is 12.1 Å². The third-order valence-corrected chi connectivity index (χ3v) is 46.8. The third kappa shape index (κ3) is 3.51. The molecule has 0 N–H and O–H groups in total. The molecule has 0 bridgehead atoms. The molecule has 4 heteroatoms. The molecule has 4 aromatic rings. The molecule has 2 atom stereocenters. The summed E-state index contributed by atoms with van der Waals surface area (Å²) in [4.78, 5) is 0. The van der Waals surface area contributed by atoms with Crippen LogP contribution in [0.25, 0.3) is 12.2 Å². The molecule has 0 spiro atoms. The molecule has 6 rings (SSSR count). The molecular formula is C30H28Cl2GeZr. The van der Waals surface area contributed by atoms with E-state index in [9.17, 15) is 0 Å². The van der Waals surface area contributed by atoms with Gasteiger partial charge in [0.05, 0.1) is 0 Å². The summed E-state index contributed by atoms with van der Waals surface area (Å²) >= 11 is -2.74. The van der Waals surface area contributed by atoms with Crippen LogP contribution in [0.15, 0.2) is 121 Å². The average Bonchev–Trinajstić information content (AvgIpc) is 3.50. The quantitative estimate of drug-likeness (QED) is 0.236. The Hall–Kier alpha value is -1.63. The molecule has 34 heavy (non-hydrogen) atoms. The van der Waals surface area contributed by atoms with Gasteiger partial charge in [-0.1, -0.05) is 0 Å². The van der Waals surface area contributed by atoms with E-state index in [0.29, 0.717) is 7.25 Å². The van der Waals surface area contributed by atoms with Crippen LogP contribution in [0, 0.1) is 0 Å². The van der Waals surface area contributed by atoms with Crippen LogP contribution in [-0.2, 0) is 15.7 Å². The van der Waals surface area contributed by atoms with Gasteiger partial charge in [-0.2, -0.15) is 0 Å². The summed E-state index contributed by atoms with van der Waals surface area (Å²) in [6.07, 6.45) is 9.90. The molecule has 4 aromatic carbocycles. The molecule has 0 amide bonds. The van der Waals surface area contributed by atoms with E-state index in [1.165, 1.54) is 34.4 Å². The van der Waals surface area contributed by atoms with E-state index in [2.05, 4.69) is 133 Å². The van der Waals surface area contributed by atoms with Crippen LogP contribution in [0.4, 0.5) is 0 Å². The average molecular weight is 623 g/mol. The Morgan fingerprint density at radius 3 is 1.24 bits per heavy atom. The van der Waals surface area contributed by atoms with Gasteiger partial charge in [-0.25, -0.2) is 0 Å². The number of benzene rings is 4. The van der Waals surface area contributed by atoms with Gasteiger partial charge in [-0.15, -0.1) is 24.8 Å². The van der Waals surface area contributed by atoms with Crippen molar-refractivity contribution >= 4 is 55.7 Å². The summed E-state index contributed by atoms with van der Waals surface area (Å²) in [5, 5.41) is 0. The number of hydrogen-bond acceptors (Lipinski definition) is 0. The molecule has 0 nitrogen and oxygen atoms in total. The molecule has 0 saturated carbocycles. The standard InChI is InChI=1S/2C9H7.2C6H5.2ClH.GeH2.Zr/c2*1-2-5-9-7-3-6-8(9)4-1;2*1-2-4-6-5-3-1;;;;/h2*1-7H;2*1-5H;2*1H;1H2;. The maximum absolute atomic E-state index is 4.05. The van der Waals surface area contributed by atoms with Crippen LogP contribution in [0.2, 0.25) is 0 Å².